The normalized spacial score (nSPS) is 14.0. The second kappa shape index (κ2) is 8.62. The van der Waals surface area contributed by atoms with Gasteiger partial charge in [0.25, 0.3) is 5.91 Å². The minimum atomic E-state index is 0.0586. The molecular formula is C27H28N4O2. The van der Waals surface area contributed by atoms with E-state index in [0.717, 1.165) is 41.2 Å². The van der Waals surface area contributed by atoms with E-state index < -0.39 is 0 Å². The van der Waals surface area contributed by atoms with Crippen LogP contribution in [0.4, 0.5) is 5.69 Å². The number of aryl methyl sites for hydroxylation is 2. The molecule has 6 nitrogen and oxygen atoms in total. The molecule has 0 aliphatic carbocycles. The molecule has 2 heterocycles. The summed E-state index contributed by atoms with van der Waals surface area (Å²) in [6, 6.07) is 20.3. The number of hydrogen-bond acceptors (Lipinski definition) is 4. The van der Waals surface area contributed by atoms with Crippen LogP contribution in [-0.2, 0) is 0 Å². The molecule has 168 valence electrons. The second-order valence-corrected chi connectivity index (χ2v) is 8.59. The number of imidazole rings is 1. The Labute approximate surface area is 194 Å². The van der Waals surface area contributed by atoms with E-state index in [1.165, 1.54) is 11.1 Å². The summed E-state index contributed by atoms with van der Waals surface area (Å²) in [5.41, 5.74) is 7.18. The Kier molecular flexibility index (Phi) is 5.50. The predicted molar refractivity (Wildman–Crippen MR) is 132 cm³/mol. The Hall–Kier alpha value is -3.80. The van der Waals surface area contributed by atoms with Crippen LogP contribution in [0.15, 0.2) is 67.0 Å². The number of carbonyl (C=O) groups is 1. The van der Waals surface area contributed by atoms with E-state index >= 15 is 0 Å². The molecule has 1 fully saturated rings. The van der Waals surface area contributed by atoms with Crippen LogP contribution in [-0.4, -0.2) is 53.6 Å². The summed E-state index contributed by atoms with van der Waals surface area (Å²) < 4.78 is 7.43. The van der Waals surface area contributed by atoms with Crippen molar-refractivity contribution < 1.29 is 9.53 Å². The monoisotopic (exact) mass is 440 g/mol. The predicted octanol–water partition coefficient (Wildman–Crippen LogP) is 4.61. The molecule has 1 aliphatic heterocycles. The molecule has 0 spiro atoms. The Morgan fingerprint density at radius 1 is 0.939 bits per heavy atom. The molecule has 1 aliphatic rings. The van der Waals surface area contributed by atoms with Crippen molar-refractivity contribution in [1.82, 2.24) is 14.5 Å². The first-order valence-corrected chi connectivity index (χ1v) is 11.3. The molecule has 0 saturated carbocycles. The fourth-order valence-electron chi connectivity index (χ4n) is 4.57. The minimum Gasteiger partial charge on any atom is -0.497 e. The first-order valence-electron chi connectivity index (χ1n) is 11.3. The van der Waals surface area contributed by atoms with E-state index in [2.05, 4.69) is 52.6 Å². The molecule has 1 aromatic heterocycles. The summed E-state index contributed by atoms with van der Waals surface area (Å²) in [4.78, 5) is 22.0. The van der Waals surface area contributed by atoms with Gasteiger partial charge in [-0.3, -0.25) is 9.36 Å². The molecule has 1 amide bonds. The molecular weight excluding hydrogens is 412 g/mol. The van der Waals surface area contributed by atoms with Gasteiger partial charge in [0.1, 0.15) is 12.1 Å². The van der Waals surface area contributed by atoms with Crippen LogP contribution in [0.1, 0.15) is 21.5 Å². The number of anilines is 1. The van der Waals surface area contributed by atoms with Crippen LogP contribution in [0.5, 0.6) is 5.75 Å². The van der Waals surface area contributed by atoms with E-state index in [1.54, 1.807) is 7.11 Å². The lowest BCUT2D eigenvalue weighted by atomic mass is 10.1. The van der Waals surface area contributed by atoms with Crippen molar-refractivity contribution in [3.05, 3.63) is 83.7 Å². The number of ether oxygens (including phenoxy) is 1. The van der Waals surface area contributed by atoms with E-state index in [0.29, 0.717) is 18.7 Å². The lowest BCUT2D eigenvalue weighted by molar-refractivity contribution is 0.0747. The van der Waals surface area contributed by atoms with E-state index in [-0.39, 0.29) is 5.91 Å². The van der Waals surface area contributed by atoms with Gasteiger partial charge in [-0.05, 0) is 55.8 Å². The van der Waals surface area contributed by atoms with Crippen molar-refractivity contribution in [2.75, 3.05) is 38.2 Å². The highest BCUT2D eigenvalue weighted by molar-refractivity contribution is 5.97. The number of nitrogens with zero attached hydrogens (tertiary/aromatic N) is 4. The van der Waals surface area contributed by atoms with Crippen molar-refractivity contribution in [2.45, 2.75) is 13.8 Å². The summed E-state index contributed by atoms with van der Waals surface area (Å²) in [5, 5.41) is 0. The number of amides is 1. The largest absolute Gasteiger partial charge is 0.497 e. The van der Waals surface area contributed by atoms with Gasteiger partial charge in [0.2, 0.25) is 0 Å². The van der Waals surface area contributed by atoms with Crippen molar-refractivity contribution in [1.29, 1.82) is 0 Å². The molecule has 4 aromatic rings. The van der Waals surface area contributed by atoms with Gasteiger partial charge in [0, 0.05) is 43.5 Å². The molecule has 33 heavy (non-hydrogen) atoms. The van der Waals surface area contributed by atoms with Crippen LogP contribution < -0.4 is 9.64 Å². The van der Waals surface area contributed by atoms with E-state index in [4.69, 9.17) is 4.74 Å². The summed E-state index contributed by atoms with van der Waals surface area (Å²) in [7, 11) is 1.68. The van der Waals surface area contributed by atoms with Gasteiger partial charge >= 0.3 is 0 Å². The zero-order valence-electron chi connectivity index (χ0n) is 19.3. The van der Waals surface area contributed by atoms with Gasteiger partial charge in [0.05, 0.1) is 23.8 Å². The van der Waals surface area contributed by atoms with Gasteiger partial charge in [-0.15, -0.1) is 0 Å². The fraction of sp³-hybridized carbons (Fsp3) is 0.259. The van der Waals surface area contributed by atoms with Gasteiger partial charge in [-0.25, -0.2) is 4.98 Å². The summed E-state index contributed by atoms with van der Waals surface area (Å²) in [6.07, 6.45) is 1.84. The van der Waals surface area contributed by atoms with Gasteiger partial charge < -0.3 is 14.5 Å². The Morgan fingerprint density at radius 2 is 1.76 bits per heavy atom. The third-order valence-electron chi connectivity index (χ3n) is 6.39. The topological polar surface area (TPSA) is 50.6 Å². The third-order valence-corrected chi connectivity index (χ3v) is 6.39. The number of methoxy groups -OCH3 is 1. The van der Waals surface area contributed by atoms with Crippen LogP contribution >= 0.6 is 0 Å². The zero-order chi connectivity index (χ0) is 22.9. The summed E-state index contributed by atoms with van der Waals surface area (Å²) in [6.45, 7) is 7.16. The summed E-state index contributed by atoms with van der Waals surface area (Å²) in [5.74, 6) is 0.905. The lowest BCUT2D eigenvalue weighted by Gasteiger charge is -2.36. The Bertz CT molecular complexity index is 1320. The van der Waals surface area contributed by atoms with Crippen molar-refractivity contribution >= 4 is 22.6 Å². The number of benzene rings is 3. The fourth-order valence-corrected chi connectivity index (χ4v) is 4.57. The van der Waals surface area contributed by atoms with Crippen LogP contribution in [0.2, 0.25) is 0 Å². The number of piperazine rings is 1. The quantitative estimate of drug-likeness (QED) is 0.465. The molecule has 1 saturated heterocycles. The number of rotatable bonds is 4. The third kappa shape index (κ3) is 4.04. The number of carbonyl (C=O) groups excluding carboxylic acids is 1. The van der Waals surface area contributed by atoms with Crippen molar-refractivity contribution in [3.8, 4) is 11.4 Å². The zero-order valence-corrected chi connectivity index (χ0v) is 19.3. The Balaban J connectivity index is 1.32. The smallest absolute Gasteiger partial charge is 0.254 e. The lowest BCUT2D eigenvalue weighted by Crippen LogP contribution is -2.48. The van der Waals surface area contributed by atoms with Crippen molar-refractivity contribution in [2.24, 2.45) is 0 Å². The number of fused-ring (bicyclic) bond motifs is 1. The van der Waals surface area contributed by atoms with Gasteiger partial charge in [0.15, 0.2) is 0 Å². The van der Waals surface area contributed by atoms with Crippen molar-refractivity contribution in [3.63, 3.8) is 0 Å². The Morgan fingerprint density at radius 3 is 2.52 bits per heavy atom. The SMILES string of the molecule is COc1cccc(N2CCN(C(=O)c3ccc4c(c3)ncn4-c3ccc(C)cc3C)CC2)c1. The maximum absolute atomic E-state index is 13.2. The highest BCUT2D eigenvalue weighted by Crippen LogP contribution is 2.25. The van der Waals surface area contributed by atoms with Crippen LogP contribution in [0, 0.1) is 13.8 Å². The van der Waals surface area contributed by atoms with E-state index in [9.17, 15) is 4.79 Å². The average Bonchev–Trinajstić information content (AvgIpc) is 3.27. The van der Waals surface area contributed by atoms with Gasteiger partial charge in [-0.2, -0.15) is 0 Å². The van der Waals surface area contributed by atoms with Crippen LogP contribution in [0.3, 0.4) is 0 Å². The first-order chi connectivity index (χ1) is 16.0. The van der Waals surface area contributed by atoms with Gasteiger partial charge in [-0.1, -0.05) is 23.8 Å². The molecule has 5 rings (SSSR count). The highest BCUT2D eigenvalue weighted by Gasteiger charge is 2.23. The van der Waals surface area contributed by atoms with Crippen LogP contribution in [0.25, 0.3) is 16.7 Å². The highest BCUT2D eigenvalue weighted by atomic mass is 16.5. The molecule has 0 radical (unpaired) electrons. The standard InChI is InChI=1S/C27H28N4O2/c1-19-7-9-25(20(2)15-19)31-18-28-24-16-21(8-10-26(24)31)27(32)30-13-11-29(12-14-30)22-5-4-6-23(17-22)33-3/h4-10,15-18H,11-14H2,1-3H3. The molecule has 0 unspecified atom stereocenters. The minimum absolute atomic E-state index is 0.0586. The average molecular weight is 441 g/mol. The molecule has 0 N–H and O–H groups in total. The maximum Gasteiger partial charge on any atom is 0.254 e. The molecule has 0 atom stereocenters. The number of aromatic nitrogens is 2. The summed E-state index contributed by atoms with van der Waals surface area (Å²) >= 11 is 0. The number of hydrogen-bond donors (Lipinski definition) is 0. The maximum atomic E-state index is 13.2. The second-order valence-electron chi connectivity index (χ2n) is 8.59. The van der Waals surface area contributed by atoms with E-state index in [1.807, 2.05) is 47.6 Å². The molecule has 3 aromatic carbocycles. The molecule has 0 bridgehead atoms. The molecule has 6 heteroatoms. The first kappa shape index (κ1) is 21.1.